The molecule has 0 nitrogen and oxygen atoms in total. The first-order valence-corrected chi connectivity index (χ1v) is 10.2. The van der Waals surface area contributed by atoms with E-state index in [2.05, 4.69) is 42.5 Å². The first-order valence-electron chi connectivity index (χ1n) is 4.98. The molecule has 2 heteroatoms. The number of rotatable bonds is 1. The van der Waals surface area contributed by atoms with Crippen molar-refractivity contribution in [2.24, 2.45) is 0 Å². The van der Waals surface area contributed by atoms with Gasteiger partial charge in [0.15, 0.2) is 0 Å². The van der Waals surface area contributed by atoms with Crippen molar-refractivity contribution in [3.63, 3.8) is 0 Å². The van der Waals surface area contributed by atoms with Crippen LogP contribution in [0.3, 0.4) is 0 Å². The van der Waals surface area contributed by atoms with Crippen molar-refractivity contribution in [3.8, 4) is 0 Å². The molecule has 2 fully saturated rings. The molecule has 1 aromatic carbocycles. The van der Waals surface area contributed by atoms with Crippen LogP contribution in [-0.2, 0) is 3.46 Å². The molecule has 1 aromatic rings. The molecule has 14 heavy (non-hydrogen) atoms. The second-order valence-electron chi connectivity index (χ2n) is 4.12. The Bertz CT molecular complexity index is 412. The van der Waals surface area contributed by atoms with E-state index in [4.69, 9.17) is 0 Å². The number of benzene rings is 1. The fraction of sp³-hybridized carbons (Fsp3) is 0.333. The molecule has 0 saturated carbocycles. The molecule has 4 unspecified atom stereocenters. The fourth-order valence-electron chi connectivity index (χ4n) is 2.42. The molecule has 0 radical (unpaired) electrons. The van der Waals surface area contributed by atoms with E-state index < -0.39 is 0 Å². The number of allylic oxidation sites excluding steroid dienone is 2. The zero-order valence-corrected chi connectivity index (χ0v) is 12.3. The molecule has 2 heterocycles. The van der Waals surface area contributed by atoms with Gasteiger partial charge >= 0.3 is 105 Å². The summed E-state index contributed by atoms with van der Waals surface area (Å²) in [4.78, 5) is 0. The van der Waals surface area contributed by atoms with Crippen molar-refractivity contribution in [2.75, 3.05) is 0 Å². The summed E-state index contributed by atoms with van der Waals surface area (Å²) in [6.07, 6.45) is 5.16. The molecule has 0 bridgehead atoms. The molecular formula is C12H10Te2. The number of hydrogen-bond donors (Lipinski definition) is 0. The average molecular weight is 409 g/mol. The van der Waals surface area contributed by atoms with Gasteiger partial charge in [-0.3, -0.25) is 0 Å². The van der Waals surface area contributed by atoms with Crippen molar-refractivity contribution in [3.05, 3.63) is 48.0 Å². The van der Waals surface area contributed by atoms with Crippen molar-refractivity contribution >= 4 is 41.8 Å². The summed E-state index contributed by atoms with van der Waals surface area (Å²) in [6, 6.07) is 11.2. The summed E-state index contributed by atoms with van der Waals surface area (Å²) in [6.45, 7) is 0. The molecule has 0 spiro atoms. The second-order valence-corrected chi connectivity index (χ2v) is 12.1. The molecule has 4 atom stereocenters. The Labute approximate surface area is 104 Å². The van der Waals surface area contributed by atoms with Crippen molar-refractivity contribution in [2.45, 2.75) is 15.4 Å². The van der Waals surface area contributed by atoms with Crippen LogP contribution in [0.25, 0.3) is 0 Å². The zero-order valence-electron chi connectivity index (χ0n) is 7.59. The normalized spacial score (nSPS) is 46.7. The summed E-state index contributed by atoms with van der Waals surface area (Å²) in [5.74, 6) is 0. The average Bonchev–Trinajstić information content (AvgIpc) is 3.11. The number of fused-ring (bicyclic) bond motifs is 3. The topological polar surface area (TPSA) is 0 Å². The van der Waals surface area contributed by atoms with Gasteiger partial charge in [0.25, 0.3) is 0 Å². The van der Waals surface area contributed by atoms with Crippen molar-refractivity contribution < 1.29 is 0 Å². The van der Waals surface area contributed by atoms with Crippen LogP contribution in [0.15, 0.2) is 42.5 Å². The second kappa shape index (κ2) is 2.81. The Hall–Kier alpha value is 0.539. The molecule has 2 aliphatic heterocycles. The van der Waals surface area contributed by atoms with Gasteiger partial charge in [-0.25, -0.2) is 0 Å². The number of hydrogen-bond acceptors (Lipinski definition) is 0. The van der Waals surface area contributed by atoms with Crippen LogP contribution < -0.4 is 0 Å². The summed E-state index contributed by atoms with van der Waals surface area (Å²) in [5.41, 5.74) is 1.63. The predicted molar refractivity (Wildman–Crippen MR) is 60.0 cm³/mol. The van der Waals surface area contributed by atoms with E-state index >= 15 is 0 Å². The van der Waals surface area contributed by atoms with E-state index in [-0.39, 0.29) is 20.9 Å². The van der Waals surface area contributed by atoms with Gasteiger partial charge in [-0.1, -0.05) is 0 Å². The van der Waals surface area contributed by atoms with Crippen LogP contribution in [0, 0.1) is 0 Å². The van der Waals surface area contributed by atoms with Crippen LogP contribution in [0.4, 0.5) is 0 Å². The van der Waals surface area contributed by atoms with Crippen LogP contribution in [-0.4, -0.2) is 41.8 Å². The maximum absolute atomic E-state index is 2.59. The van der Waals surface area contributed by atoms with Crippen molar-refractivity contribution in [1.82, 2.24) is 0 Å². The van der Waals surface area contributed by atoms with Gasteiger partial charge in [-0.2, -0.15) is 0 Å². The fourth-order valence-corrected chi connectivity index (χ4v) is 13.6. The Morgan fingerprint density at radius 2 is 2.00 bits per heavy atom. The maximum atomic E-state index is 2.59. The molecular weight excluding hydrogens is 399 g/mol. The van der Waals surface area contributed by atoms with E-state index in [1.54, 1.807) is 5.56 Å². The molecule has 70 valence electrons. The third kappa shape index (κ3) is 1.07. The summed E-state index contributed by atoms with van der Waals surface area (Å²) in [5, 5.41) is 0. The van der Waals surface area contributed by atoms with Crippen LogP contribution in [0.5, 0.6) is 0 Å². The minimum atomic E-state index is 0.272. The molecule has 1 aliphatic carbocycles. The van der Waals surface area contributed by atoms with E-state index in [0.29, 0.717) is 24.4 Å². The predicted octanol–water partition coefficient (Wildman–Crippen LogP) is 2.25. The standard InChI is InChI=1S/C12H10Te2/c1-2-4-8(5-3-1)12-7-6-9-10(13-9)11(12)14-12/h1-7,9-11H. The molecule has 0 N–H and O–H groups in total. The van der Waals surface area contributed by atoms with Gasteiger partial charge < -0.3 is 0 Å². The van der Waals surface area contributed by atoms with Gasteiger partial charge in [0.2, 0.25) is 0 Å². The van der Waals surface area contributed by atoms with Gasteiger partial charge in [0, 0.05) is 0 Å². The SMILES string of the molecule is C1=CC2(c3ccccc3)[Te]C2C2[Te]C12. The third-order valence-corrected chi connectivity index (χ3v) is 13.6. The summed E-state index contributed by atoms with van der Waals surface area (Å²) >= 11 is 0.700. The quantitative estimate of drug-likeness (QED) is 0.493. The zero-order chi connectivity index (χ0) is 9.17. The molecule has 0 amide bonds. The minimum absolute atomic E-state index is 0.272. The van der Waals surface area contributed by atoms with E-state index in [1.165, 1.54) is 7.93 Å². The van der Waals surface area contributed by atoms with Gasteiger partial charge in [-0.15, -0.1) is 0 Å². The van der Waals surface area contributed by atoms with Gasteiger partial charge in [-0.05, 0) is 0 Å². The Kier molecular flexibility index (Phi) is 1.74. The third-order valence-electron chi connectivity index (χ3n) is 3.31. The van der Waals surface area contributed by atoms with E-state index in [0.717, 1.165) is 3.97 Å². The van der Waals surface area contributed by atoms with E-state index in [9.17, 15) is 0 Å². The van der Waals surface area contributed by atoms with Crippen molar-refractivity contribution in [1.29, 1.82) is 0 Å². The first-order chi connectivity index (χ1) is 6.90. The Morgan fingerprint density at radius 1 is 1.14 bits per heavy atom. The Balaban J connectivity index is 1.80. The van der Waals surface area contributed by atoms with Crippen LogP contribution >= 0.6 is 0 Å². The Morgan fingerprint density at radius 3 is 2.86 bits per heavy atom. The van der Waals surface area contributed by atoms with Crippen LogP contribution in [0.2, 0.25) is 11.9 Å². The van der Waals surface area contributed by atoms with Crippen LogP contribution in [0.1, 0.15) is 5.56 Å². The molecule has 3 aliphatic rings. The van der Waals surface area contributed by atoms with Gasteiger partial charge in [0.1, 0.15) is 0 Å². The van der Waals surface area contributed by atoms with Gasteiger partial charge in [0.05, 0.1) is 0 Å². The summed E-state index contributed by atoms with van der Waals surface area (Å²) in [7, 11) is 0. The van der Waals surface area contributed by atoms with E-state index in [1.807, 2.05) is 0 Å². The molecule has 4 rings (SSSR count). The first kappa shape index (κ1) is 8.66. The molecule has 2 saturated heterocycles. The monoisotopic (exact) mass is 414 g/mol. The summed E-state index contributed by atoms with van der Waals surface area (Å²) < 4.78 is 4.16. The molecule has 0 aromatic heterocycles.